The number of hydrogen-bond donors (Lipinski definition) is 0. The first kappa shape index (κ1) is 13.5. The minimum absolute atomic E-state index is 0.558. The number of hydrogen-bond acceptors (Lipinski definition) is 5. The first-order chi connectivity index (χ1) is 8.38. The Hall–Kier alpha value is -0.920. The Balaban J connectivity index is 1.95. The summed E-state index contributed by atoms with van der Waals surface area (Å²) in [6, 6.07) is 0. The topological polar surface area (TPSA) is 66.7 Å². The van der Waals surface area contributed by atoms with Gasteiger partial charge in [-0.15, -0.1) is 0 Å². The van der Waals surface area contributed by atoms with Crippen LogP contribution < -0.4 is 0 Å². The molecule has 0 unspecified atom stereocenters. The van der Waals surface area contributed by atoms with Crippen LogP contribution in [0.3, 0.4) is 0 Å². The minimum Gasteiger partial charge on any atom is -0.361 e. The maximum absolute atomic E-state index is 11.4. The third kappa shape index (κ3) is 2.90. The molecule has 102 valence electrons. The highest BCUT2D eigenvalue weighted by Crippen LogP contribution is 2.16. The average Bonchev–Trinajstić information content (AvgIpc) is 2.60. The molecule has 0 atom stereocenters. The van der Waals surface area contributed by atoms with Crippen molar-refractivity contribution >= 4 is 10.0 Å². The Morgan fingerprint density at radius 2 is 1.83 bits per heavy atom. The van der Waals surface area contributed by atoms with E-state index in [9.17, 15) is 8.42 Å². The number of rotatable bonds is 3. The summed E-state index contributed by atoms with van der Waals surface area (Å²) in [6.45, 7) is 7.22. The van der Waals surface area contributed by atoms with E-state index in [1.54, 1.807) is 0 Å². The molecule has 2 rings (SSSR count). The summed E-state index contributed by atoms with van der Waals surface area (Å²) in [7, 11) is -3.05. The highest BCUT2D eigenvalue weighted by molar-refractivity contribution is 7.88. The first-order valence-electron chi connectivity index (χ1n) is 5.97. The quantitative estimate of drug-likeness (QED) is 0.796. The number of sulfonamides is 1. The van der Waals surface area contributed by atoms with E-state index in [2.05, 4.69) is 10.1 Å². The second-order valence-corrected chi connectivity index (χ2v) is 6.72. The lowest BCUT2D eigenvalue weighted by Crippen LogP contribution is -2.47. The fraction of sp³-hybridized carbons (Fsp3) is 0.727. The van der Waals surface area contributed by atoms with Crippen LogP contribution in [0.25, 0.3) is 0 Å². The van der Waals surface area contributed by atoms with Gasteiger partial charge in [-0.2, -0.15) is 4.31 Å². The van der Waals surface area contributed by atoms with Crippen molar-refractivity contribution in [2.75, 3.05) is 32.4 Å². The van der Waals surface area contributed by atoms with Crippen LogP contribution in [0, 0.1) is 13.8 Å². The van der Waals surface area contributed by atoms with Crippen molar-refractivity contribution in [3.8, 4) is 0 Å². The molecule has 7 heteroatoms. The van der Waals surface area contributed by atoms with Crippen LogP contribution in [0.5, 0.6) is 0 Å². The monoisotopic (exact) mass is 273 g/mol. The number of aryl methyl sites for hydroxylation is 2. The summed E-state index contributed by atoms with van der Waals surface area (Å²) in [4.78, 5) is 2.23. The molecule has 0 spiro atoms. The normalized spacial score (nSPS) is 19.3. The van der Waals surface area contributed by atoms with Crippen molar-refractivity contribution in [2.24, 2.45) is 0 Å². The van der Waals surface area contributed by atoms with Crippen molar-refractivity contribution in [3.05, 3.63) is 17.0 Å². The van der Waals surface area contributed by atoms with E-state index in [0.29, 0.717) is 13.1 Å². The highest BCUT2D eigenvalue weighted by Gasteiger charge is 2.24. The van der Waals surface area contributed by atoms with Gasteiger partial charge < -0.3 is 4.52 Å². The Bertz CT molecular complexity index is 496. The van der Waals surface area contributed by atoms with Crippen LogP contribution in [0.1, 0.15) is 17.0 Å². The molecule has 18 heavy (non-hydrogen) atoms. The molecular formula is C11H19N3O3S. The van der Waals surface area contributed by atoms with Crippen molar-refractivity contribution in [3.63, 3.8) is 0 Å². The van der Waals surface area contributed by atoms with E-state index < -0.39 is 10.0 Å². The zero-order valence-electron chi connectivity index (χ0n) is 11.0. The van der Waals surface area contributed by atoms with Gasteiger partial charge >= 0.3 is 0 Å². The molecule has 6 nitrogen and oxygen atoms in total. The molecule has 0 aliphatic carbocycles. The minimum atomic E-state index is -3.05. The molecule has 1 aliphatic rings. The highest BCUT2D eigenvalue weighted by atomic mass is 32.2. The lowest BCUT2D eigenvalue weighted by molar-refractivity contribution is 0.181. The zero-order chi connectivity index (χ0) is 13.3. The summed E-state index contributed by atoms with van der Waals surface area (Å²) >= 11 is 0. The summed E-state index contributed by atoms with van der Waals surface area (Å²) in [6.07, 6.45) is 1.26. The lowest BCUT2D eigenvalue weighted by Gasteiger charge is -2.33. The van der Waals surface area contributed by atoms with Gasteiger partial charge in [0.15, 0.2) is 0 Å². The number of aromatic nitrogens is 1. The Morgan fingerprint density at radius 3 is 2.28 bits per heavy atom. The van der Waals surface area contributed by atoms with Crippen molar-refractivity contribution in [1.29, 1.82) is 0 Å². The van der Waals surface area contributed by atoms with E-state index >= 15 is 0 Å². The summed E-state index contributed by atoms with van der Waals surface area (Å²) in [5.74, 6) is 0.845. The average molecular weight is 273 g/mol. The van der Waals surface area contributed by atoms with Gasteiger partial charge in [0.25, 0.3) is 0 Å². The molecule has 2 heterocycles. The van der Waals surface area contributed by atoms with E-state index in [0.717, 1.165) is 36.7 Å². The zero-order valence-corrected chi connectivity index (χ0v) is 11.8. The Morgan fingerprint density at radius 1 is 1.22 bits per heavy atom. The molecule has 0 bridgehead atoms. The predicted octanol–water partition coefficient (Wildman–Crippen LogP) is 0.369. The summed E-state index contributed by atoms with van der Waals surface area (Å²) in [5.41, 5.74) is 2.03. The Kier molecular flexibility index (Phi) is 3.74. The van der Waals surface area contributed by atoms with Crippen LogP contribution in [0.15, 0.2) is 4.52 Å². The van der Waals surface area contributed by atoms with Gasteiger partial charge in [-0.3, -0.25) is 4.90 Å². The van der Waals surface area contributed by atoms with Gasteiger partial charge in [0.2, 0.25) is 10.0 Å². The second kappa shape index (κ2) is 4.99. The van der Waals surface area contributed by atoms with E-state index in [1.165, 1.54) is 10.6 Å². The molecular weight excluding hydrogens is 254 g/mol. The summed E-state index contributed by atoms with van der Waals surface area (Å²) in [5, 5.41) is 3.93. The van der Waals surface area contributed by atoms with Crippen LogP contribution in [-0.4, -0.2) is 55.2 Å². The Labute approximate surface area is 108 Å². The molecule has 1 aromatic rings. The van der Waals surface area contributed by atoms with Gasteiger partial charge in [0.05, 0.1) is 11.9 Å². The van der Waals surface area contributed by atoms with Gasteiger partial charge in [0.1, 0.15) is 5.76 Å². The van der Waals surface area contributed by atoms with Crippen molar-refractivity contribution in [1.82, 2.24) is 14.4 Å². The van der Waals surface area contributed by atoms with Crippen LogP contribution in [0.2, 0.25) is 0 Å². The molecule has 1 saturated heterocycles. The van der Waals surface area contributed by atoms with Crippen LogP contribution >= 0.6 is 0 Å². The largest absolute Gasteiger partial charge is 0.361 e. The van der Waals surface area contributed by atoms with Gasteiger partial charge in [-0.05, 0) is 13.8 Å². The molecule has 0 radical (unpaired) electrons. The SMILES string of the molecule is Cc1noc(C)c1CN1CCN(S(C)(=O)=O)CC1. The van der Waals surface area contributed by atoms with Crippen molar-refractivity contribution in [2.45, 2.75) is 20.4 Å². The summed E-state index contributed by atoms with van der Waals surface area (Å²) < 4.78 is 29.5. The molecule has 0 N–H and O–H groups in total. The van der Waals surface area contributed by atoms with Gasteiger partial charge in [-0.25, -0.2) is 8.42 Å². The maximum Gasteiger partial charge on any atom is 0.211 e. The van der Waals surface area contributed by atoms with Crippen LogP contribution in [-0.2, 0) is 16.6 Å². The fourth-order valence-electron chi connectivity index (χ4n) is 2.17. The predicted molar refractivity (Wildman–Crippen MR) is 67.7 cm³/mol. The first-order valence-corrected chi connectivity index (χ1v) is 7.82. The lowest BCUT2D eigenvalue weighted by atomic mass is 10.2. The number of nitrogens with zero attached hydrogens (tertiary/aromatic N) is 3. The maximum atomic E-state index is 11.4. The van der Waals surface area contributed by atoms with E-state index in [-0.39, 0.29) is 0 Å². The molecule has 1 aliphatic heterocycles. The molecule has 0 amide bonds. The fourth-order valence-corrected chi connectivity index (χ4v) is 3.00. The third-order valence-electron chi connectivity index (χ3n) is 3.36. The third-order valence-corrected chi connectivity index (χ3v) is 4.67. The second-order valence-electron chi connectivity index (χ2n) is 4.74. The molecule has 1 aromatic heterocycles. The van der Waals surface area contributed by atoms with E-state index in [4.69, 9.17) is 4.52 Å². The molecule has 1 fully saturated rings. The van der Waals surface area contributed by atoms with Crippen LogP contribution in [0.4, 0.5) is 0 Å². The number of piperazine rings is 1. The molecule has 0 saturated carbocycles. The smallest absolute Gasteiger partial charge is 0.211 e. The van der Waals surface area contributed by atoms with Crippen molar-refractivity contribution < 1.29 is 12.9 Å². The van der Waals surface area contributed by atoms with Gasteiger partial charge in [0, 0.05) is 38.3 Å². The standard InChI is InChI=1S/C11H19N3O3S/c1-9-11(10(2)17-12-9)8-13-4-6-14(7-5-13)18(3,15)16/h4-8H2,1-3H3. The molecule has 0 aromatic carbocycles. The van der Waals surface area contributed by atoms with E-state index in [1.807, 2.05) is 13.8 Å². The van der Waals surface area contributed by atoms with Gasteiger partial charge in [-0.1, -0.05) is 5.16 Å².